The number of rotatable bonds is 4. The van der Waals surface area contributed by atoms with Crippen LogP contribution in [0.2, 0.25) is 0 Å². The van der Waals surface area contributed by atoms with E-state index in [1.54, 1.807) is 0 Å². The quantitative estimate of drug-likeness (QED) is 0.674. The van der Waals surface area contributed by atoms with Crippen LogP contribution in [-0.4, -0.2) is 17.0 Å². The third kappa shape index (κ3) is 2.88. The van der Waals surface area contributed by atoms with Crippen LogP contribution in [0.3, 0.4) is 0 Å². The summed E-state index contributed by atoms with van der Waals surface area (Å²) in [4.78, 5) is 33.4. The van der Waals surface area contributed by atoms with Gasteiger partial charge in [0.05, 0.1) is 0 Å². The van der Waals surface area contributed by atoms with E-state index < -0.39 is 14.1 Å². The Kier molecular flexibility index (Phi) is 4.21. The summed E-state index contributed by atoms with van der Waals surface area (Å²) in [7, 11) is -1.75. The van der Waals surface area contributed by atoms with Crippen LogP contribution in [-0.2, 0) is 18.9 Å². The van der Waals surface area contributed by atoms with Gasteiger partial charge in [0.2, 0.25) is 19.2 Å². The Morgan fingerprint density at radius 3 is 2.43 bits per heavy atom. The summed E-state index contributed by atoms with van der Waals surface area (Å²) in [6.45, 7) is 1.96. The molecule has 78 valence electrons. The molecule has 4 nitrogen and oxygen atoms in total. The van der Waals surface area contributed by atoms with Gasteiger partial charge in [-0.15, -0.1) is 0 Å². The predicted molar refractivity (Wildman–Crippen MR) is 51.8 cm³/mol. The zero-order valence-electron chi connectivity index (χ0n) is 8.12. The van der Waals surface area contributed by atoms with E-state index in [1.165, 1.54) is 0 Å². The van der Waals surface area contributed by atoms with E-state index in [0.717, 1.165) is 12.8 Å². The molecule has 14 heavy (non-hydrogen) atoms. The maximum Gasteiger partial charge on any atom is 0.309 e. The van der Waals surface area contributed by atoms with Gasteiger partial charge < -0.3 is 4.52 Å². The standard InChI is InChI=1S/C9H13O4P/c1-2-3-4-7(10)13-14-8(11)5-6-9(14)12/h2-6H2,1H3. The third-order valence-electron chi connectivity index (χ3n) is 1.93. The van der Waals surface area contributed by atoms with Gasteiger partial charge in [0.15, 0.2) is 0 Å². The molecule has 0 atom stereocenters. The number of hydrogen-bond acceptors (Lipinski definition) is 4. The molecule has 1 aliphatic rings. The highest BCUT2D eigenvalue weighted by Gasteiger charge is 2.37. The number of carbonyl (C=O) groups is 3. The van der Waals surface area contributed by atoms with Crippen molar-refractivity contribution in [3.05, 3.63) is 0 Å². The van der Waals surface area contributed by atoms with Crippen LogP contribution < -0.4 is 0 Å². The van der Waals surface area contributed by atoms with Gasteiger partial charge in [-0.2, -0.15) is 0 Å². The Hall–Kier alpha value is -0.760. The van der Waals surface area contributed by atoms with E-state index in [0.29, 0.717) is 6.42 Å². The minimum Gasteiger partial charge on any atom is -0.429 e. The minimum absolute atomic E-state index is 0.199. The molecule has 0 bridgehead atoms. The van der Waals surface area contributed by atoms with Gasteiger partial charge >= 0.3 is 5.97 Å². The van der Waals surface area contributed by atoms with Gasteiger partial charge in [0.1, 0.15) is 0 Å². The first-order valence-corrected chi connectivity index (χ1v) is 5.97. The SMILES string of the molecule is CCCCC(=O)OP1C(=O)CCC1=O. The lowest BCUT2D eigenvalue weighted by Crippen LogP contribution is -2.04. The van der Waals surface area contributed by atoms with E-state index in [9.17, 15) is 14.4 Å². The average Bonchev–Trinajstić information content (AvgIpc) is 2.46. The first-order chi connectivity index (χ1) is 6.65. The van der Waals surface area contributed by atoms with Crippen LogP contribution >= 0.6 is 8.15 Å². The normalized spacial score (nSPS) is 17.5. The maximum absolute atomic E-state index is 11.1. The largest absolute Gasteiger partial charge is 0.429 e. The lowest BCUT2D eigenvalue weighted by molar-refractivity contribution is -0.135. The number of hydrogen-bond donors (Lipinski definition) is 0. The Bertz CT molecular complexity index is 246. The van der Waals surface area contributed by atoms with Crippen molar-refractivity contribution in [2.24, 2.45) is 0 Å². The van der Waals surface area contributed by atoms with Crippen LogP contribution in [0.15, 0.2) is 0 Å². The van der Waals surface area contributed by atoms with Gasteiger partial charge in [-0.05, 0) is 6.42 Å². The summed E-state index contributed by atoms with van der Waals surface area (Å²) in [5.41, 5.74) is -0.398. The van der Waals surface area contributed by atoms with Crippen molar-refractivity contribution < 1.29 is 18.9 Å². The Morgan fingerprint density at radius 2 is 1.93 bits per heavy atom. The third-order valence-corrected chi connectivity index (χ3v) is 3.67. The number of carbonyl (C=O) groups excluding carboxylic acids is 3. The van der Waals surface area contributed by atoms with Crippen molar-refractivity contribution in [1.82, 2.24) is 0 Å². The fourth-order valence-electron chi connectivity index (χ4n) is 1.13. The lowest BCUT2D eigenvalue weighted by Gasteiger charge is -2.07. The highest BCUT2D eigenvalue weighted by molar-refractivity contribution is 7.86. The monoisotopic (exact) mass is 216 g/mol. The fraction of sp³-hybridized carbons (Fsp3) is 0.667. The lowest BCUT2D eigenvalue weighted by atomic mass is 10.3. The molecule has 0 unspecified atom stereocenters. The Morgan fingerprint density at radius 1 is 1.36 bits per heavy atom. The summed E-state index contributed by atoms with van der Waals surface area (Å²) >= 11 is 0. The topological polar surface area (TPSA) is 60.4 Å². The van der Waals surface area contributed by atoms with Crippen molar-refractivity contribution in [3.8, 4) is 0 Å². The molecule has 0 aromatic rings. The number of unbranched alkanes of at least 4 members (excludes halogenated alkanes) is 1. The molecular weight excluding hydrogens is 203 g/mol. The second kappa shape index (κ2) is 5.20. The van der Waals surface area contributed by atoms with Crippen LogP contribution in [0.25, 0.3) is 0 Å². The molecule has 5 heteroatoms. The van der Waals surface area contributed by atoms with Gasteiger partial charge in [-0.25, -0.2) is 0 Å². The molecule has 0 N–H and O–H groups in total. The molecule has 0 saturated carbocycles. The van der Waals surface area contributed by atoms with Gasteiger partial charge in [-0.1, -0.05) is 13.3 Å². The molecule has 1 aliphatic heterocycles. The van der Waals surface area contributed by atoms with Gasteiger partial charge in [-0.3, -0.25) is 14.4 Å². The molecule has 1 fully saturated rings. The second-order valence-electron chi connectivity index (χ2n) is 3.15. The first-order valence-electron chi connectivity index (χ1n) is 4.71. The molecule has 1 saturated heterocycles. The van der Waals surface area contributed by atoms with Gasteiger partial charge in [0.25, 0.3) is 0 Å². The summed E-state index contributed by atoms with van der Waals surface area (Å²) < 4.78 is 4.86. The highest BCUT2D eigenvalue weighted by Crippen LogP contribution is 2.47. The second-order valence-corrected chi connectivity index (χ2v) is 4.92. The van der Waals surface area contributed by atoms with Crippen LogP contribution in [0.4, 0.5) is 0 Å². The van der Waals surface area contributed by atoms with E-state index in [2.05, 4.69) is 0 Å². The summed E-state index contributed by atoms with van der Waals surface area (Å²) in [6.07, 6.45) is 2.42. The fourth-order valence-corrected chi connectivity index (χ4v) is 2.53. The minimum atomic E-state index is -1.75. The molecule has 0 aromatic heterocycles. The highest BCUT2D eigenvalue weighted by atomic mass is 31.1. The molecule has 0 aliphatic carbocycles. The van der Waals surface area contributed by atoms with E-state index in [-0.39, 0.29) is 23.9 Å². The zero-order chi connectivity index (χ0) is 10.6. The smallest absolute Gasteiger partial charge is 0.309 e. The van der Waals surface area contributed by atoms with E-state index >= 15 is 0 Å². The average molecular weight is 216 g/mol. The van der Waals surface area contributed by atoms with E-state index in [1.807, 2.05) is 6.92 Å². The molecule has 0 amide bonds. The molecule has 0 radical (unpaired) electrons. The predicted octanol–water partition coefficient (Wildman–Crippen LogP) is 1.96. The molecule has 1 rings (SSSR count). The Labute approximate surface area is 83.8 Å². The summed E-state index contributed by atoms with van der Waals surface area (Å²) in [5.74, 6) is -0.415. The van der Waals surface area contributed by atoms with Crippen LogP contribution in [0.1, 0.15) is 39.0 Å². The van der Waals surface area contributed by atoms with Gasteiger partial charge in [0, 0.05) is 19.3 Å². The van der Waals surface area contributed by atoms with Crippen molar-refractivity contribution in [2.75, 3.05) is 0 Å². The molecular formula is C9H13O4P. The van der Waals surface area contributed by atoms with Crippen molar-refractivity contribution in [3.63, 3.8) is 0 Å². The summed E-state index contributed by atoms with van der Waals surface area (Å²) in [6, 6.07) is 0. The zero-order valence-corrected chi connectivity index (χ0v) is 9.01. The van der Waals surface area contributed by atoms with E-state index in [4.69, 9.17) is 4.52 Å². The van der Waals surface area contributed by atoms with Crippen LogP contribution in [0.5, 0.6) is 0 Å². The maximum atomic E-state index is 11.1. The van der Waals surface area contributed by atoms with Crippen molar-refractivity contribution in [1.29, 1.82) is 0 Å². The van der Waals surface area contributed by atoms with Crippen molar-refractivity contribution >= 4 is 25.2 Å². The molecule has 0 spiro atoms. The van der Waals surface area contributed by atoms with Crippen molar-refractivity contribution in [2.45, 2.75) is 39.0 Å². The molecule has 0 aromatic carbocycles. The Balaban J connectivity index is 2.39. The van der Waals surface area contributed by atoms with Crippen LogP contribution in [0, 0.1) is 0 Å². The molecule has 1 heterocycles. The first kappa shape index (κ1) is 11.3. The summed E-state index contributed by atoms with van der Waals surface area (Å²) in [5, 5.41) is 0.